The second kappa shape index (κ2) is 3.81. The van der Waals surface area contributed by atoms with Crippen molar-refractivity contribution < 1.29 is 0 Å². The highest BCUT2D eigenvalue weighted by atomic mass is 127. The van der Waals surface area contributed by atoms with E-state index in [0.29, 0.717) is 0 Å². The summed E-state index contributed by atoms with van der Waals surface area (Å²) in [4.78, 5) is 0. The molecule has 10 heavy (non-hydrogen) atoms. The number of nitrogens with one attached hydrogen (secondary N) is 1. The van der Waals surface area contributed by atoms with Crippen LogP contribution in [0.2, 0.25) is 0 Å². The summed E-state index contributed by atoms with van der Waals surface area (Å²) < 4.78 is 0.959. The third-order valence-corrected chi connectivity index (χ3v) is 1.70. The van der Waals surface area contributed by atoms with Crippen molar-refractivity contribution >= 4 is 28.3 Å². The van der Waals surface area contributed by atoms with Gasteiger partial charge in [0.05, 0.1) is 4.55 Å². The standard InChI is InChI=1S/C8H10IN/c1-7-2-4-8(5-3-7)10-6-9/h2-5,10H,6H2,1H3. The zero-order chi connectivity index (χ0) is 7.40. The number of alkyl halides is 1. The lowest BCUT2D eigenvalue weighted by atomic mass is 10.2. The van der Waals surface area contributed by atoms with E-state index >= 15 is 0 Å². The van der Waals surface area contributed by atoms with Crippen LogP contribution in [0.15, 0.2) is 24.3 Å². The molecule has 0 radical (unpaired) electrons. The van der Waals surface area contributed by atoms with Crippen LogP contribution in [-0.4, -0.2) is 4.55 Å². The van der Waals surface area contributed by atoms with E-state index in [2.05, 4.69) is 59.1 Å². The second-order valence-corrected chi connectivity index (χ2v) is 2.94. The molecule has 0 amide bonds. The molecule has 54 valence electrons. The molecule has 0 spiro atoms. The van der Waals surface area contributed by atoms with Gasteiger partial charge in [0, 0.05) is 5.69 Å². The maximum absolute atomic E-state index is 3.22. The summed E-state index contributed by atoms with van der Waals surface area (Å²) in [5, 5.41) is 3.22. The average molecular weight is 247 g/mol. The Morgan fingerprint density at radius 3 is 2.40 bits per heavy atom. The lowest BCUT2D eigenvalue weighted by molar-refractivity contribution is 1.43. The fourth-order valence-corrected chi connectivity index (χ4v) is 1.19. The fraction of sp³-hybridized carbons (Fsp3) is 0.250. The van der Waals surface area contributed by atoms with E-state index in [9.17, 15) is 0 Å². The van der Waals surface area contributed by atoms with Crippen LogP contribution in [0.4, 0.5) is 5.69 Å². The van der Waals surface area contributed by atoms with Crippen molar-refractivity contribution in [3.8, 4) is 0 Å². The number of hydrogen-bond donors (Lipinski definition) is 1. The zero-order valence-electron chi connectivity index (χ0n) is 5.89. The molecule has 0 aromatic heterocycles. The predicted octanol–water partition coefficient (Wildman–Crippen LogP) is 2.80. The predicted molar refractivity (Wildman–Crippen MR) is 53.7 cm³/mol. The number of hydrogen-bond acceptors (Lipinski definition) is 1. The highest BCUT2D eigenvalue weighted by Gasteiger charge is 1.86. The molecule has 1 aromatic carbocycles. The monoisotopic (exact) mass is 247 g/mol. The van der Waals surface area contributed by atoms with Crippen molar-refractivity contribution in [3.63, 3.8) is 0 Å². The lowest BCUT2D eigenvalue weighted by Crippen LogP contribution is -1.92. The van der Waals surface area contributed by atoms with Gasteiger partial charge in [0.25, 0.3) is 0 Å². The molecule has 0 heterocycles. The van der Waals surface area contributed by atoms with Crippen LogP contribution >= 0.6 is 22.6 Å². The van der Waals surface area contributed by atoms with Gasteiger partial charge in [-0.25, -0.2) is 0 Å². The van der Waals surface area contributed by atoms with Crippen LogP contribution < -0.4 is 5.32 Å². The molecule has 1 N–H and O–H groups in total. The van der Waals surface area contributed by atoms with Crippen LogP contribution in [0.5, 0.6) is 0 Å². The summed E-state index contributed by atoms with van der Waals surface area (Å²) in [7, 11) is 0. The van der Waals surface area contributed by atoms with Gasteiger partial charge in [-0.15, -0.1) is 0 Å². The molecule has 0 aliphatic heterocycles. The van der Waals surface area contributed by atoms with Gasteiger partial charge < -0.3 is 5.32 Å². The maximum Gasteiger partial charge on any atom is 0.0670 e. The van der Waals surface area contributed by atoms with Crippen LogP contribution in [0.25, 0.3) is 0 Å². The molecular weight excluding hydrogens is 237 g/mol. The van der Waals surface area contributed by atoms with E-state index in [-0.39, 0.29) is 0 Å². The molecule has 0 atom stereocenters. The van der Waals surface area contributed by atoms with E-state index in [0.717, 1.165) is 4.55 Å². The smallest absolute Gasteiger partial charge is 0.0670 e. The van der Waals surface area contributed by atoms with Gasteiger partial charge in [-0.2, -0.15) is 0 Å². The topological polar surface area (TPSA) is 12.0 Å². The van der Waals surface area contributed by atoms with Crippen LogP contribution in [0.1, 0.15) is 5.56 Å². The average Bonchev–Trinajstić information content (AvgIpc) is 1.95. The summed E-state index contributed by atoms with van der Waals surface area (Å²) in [6.07, 6.45) is 0. The normalized spacial score (nSPS) is 9.40. The Morgan fingerprint density at radius 1 is 1.30 bits per heavy atom. The van der Waals surface area contributed by atoms with E-state index in [1.54, 1.807) is 0 Å². The third-order valence-electron chi connectivity index (χ3n) is 1.32. The Kier molecular flexibility index (Phi) is 2.99. The highest BCUT2D eigenvalue weighted by Crippen LogP contribution is 2.08. The van der Waals surface area contributed by atoms with E-state index in [1.165, 1.54) is 11.3 Å². The first-order valence-electron chi connectivity index (χ1n) is 3.19. The largest absolute Gasteiger partial charge is 0.376 e. The number of benzene rings is 1. The van der Waals surface area contributed by atoms with Crippen molar-refractivity contribution in [2.45, 2.75) is 6.92 Å². The number of aryl methyl sites for hydroxylation is 1. The summed E-state index contributed by atoms with van der Waals surface area (Å²) in [5.74, 6) is 0. The lowest BCUT2D eigenvalue weighted by Gasteiger charge is -2.00. The van der Waals surface area contributed by atoms with Gasteiger partial charge in [-0.05, 0) is 19.1 Å². The van der Waals surface area contributed by atoms with Crippen molar-refractivity contribution in [2.75, 3.05) is 9.87 Å². The van der Waals surface area contributed by atoms with Gasteiger partial charge >= 0.3 is 0 Å². The molecular formula is C8H10IN. The van der Waals surface area contributed by atoms with Gasteiger partial charge in [-0.3, -0.25) is 0 Å². The molecule has 1 aromatic rings. The van der Waals surface area contributed by atoms with Gasteiger partial charge in [0.2, 0.25) is 0 Å². The second-order valence-electron chi connectivity index (χ2n) is 2.18. The first-order chi connectivity index (χ1) is 4.83. The van der Waals surface area contributed by atoms with Crippen LogP contribution in [-0.2, 0) is 0 Å². The minimum absolute atomic E-state index is 0.959. The molecule has 0 aliphatic rings. The quantitative estimate of drug-likeness (QED) is 0.481. The Hall–Kier alpha value is -0.250. The summed E-state index contributed by atoms with van der Waals surface area (Å²) >= 11 is 2.29. The summed E-state index contributed by atoms with van der Waals surface area (Å²) in [6.45, 7) is 2.09. The van der Waals surface area contributed by atoms with Gasteiger partial charge in [-0.1, -0.05) is 40.3 Å². The molecule has 0 unspecified atom stereocenters. The molecule has 1 rings (SSSR count). The fourth-order valence-electron chi connectivity index (χ4n) is 0.749. The molecule has 1 nitrogen and oxygen atoms in total. The van der Waals surface area contributed by atoms with E-state index in [1.807, 2.05) is 0 Å². The summed E-state index contributed by atoms with van der Waals surface area (Å²) in [5.41, 5.74) is 2.50. The number of halogens is 1. The summed E-state index contributed by atoms with van der Waals surface area (Å²) in [6, 6.07) is 8.39. The highest BCUT2D eigenvalue weighted by molar-refractivity contribution is 14.1. The van der Waals surface area contributed by atoms with Crippen molar-refractivity contribution in [2.24, 2.45) is 0 Å². The Bertz CT molecular complexity index is 193. The molecule has 0 saturated carbocycles. The molecule has 0 aliphatic carbocycles. The van der Waals surface area contributed by atoms with Gasteiger partial charge in [0.15, 0.2) is 0 Å². The first kappa shape index (κ1) is 7.85. The Labute approximate surface area is 75.0 Å². The number of anilines is 1. The van der Waals surface area contributed by atoms with Crippen LogP contribution in [0.3, 0.4) is 0 Å². The Balaban J connectivity index is 2.69. The van der Waals surface area contributed by atoms with Crippen molar-refractivity contribution in [1.82, 2.24) is 0 Å². The third kappa shape index (κ3) is 2.17. The zero-order valence-corrected chi connectivity index (χ0v) is 8.05. The molecule has 0 bridgehead atoms. The molecule has 0 fully saturated rings. The minimum atomic E-state index is 0.959. The molecule has 0 saturated heterocycles. The van der Waals surface area contributed by atoms with E-state index < -0.39 is 0 Å². The minimum Gasteiger partial charge on any atom is -0.376 e. The first-order valence-corrected chi connectivity index (χ1v) is 4.72. The van der Waals surface area contributed by atoms with Crippen LogP contribution in [0, 0.1) is 6.92 Å². The van der Waals surface area contributed by atoms with Crippen molar-refractivity contribution in [3.05, 3.63) is 29.8 Å². The SMILES string of the molecule is Cc1ccc(NCI)cc1. The van der Waals surface area contributed by atoms with E-state index in [4.69, 9.17) is 0 Å². The molecule has 2 heteroatoms. The Morgan fingerprint density at radius 2 is 1.90 bits per heavy atom. The number of rotatable bonds is 2. The van der Waals surface area contributed by atoms with Gasteiger partial charge in [0.1, 0.15) is 0 Å². The van der Waals surface area contributed by atoms with Crippen molar-refractivity contribution in [1.29, 1.82) is 0 Å². The maximum atomic E-state index is 3.22.